The number of thiophene rings is 1. The number of aliphatic hydroxyl groups is 1. The van der Waals surface area contributed by atoms with E-state index in [2.05, 4.69) is 5.32 Å². The van der Waals surface area contributed by atoms with Gasteiger partial charge in [0.2, 0.25) is 11.8 Å². The molecule has 6 nitrogen and oxygen atoms in total. The van der Waals surface area contributed by atoms with Gasteiger partial charge >= 0.3 is 0 Å². The van der Waals surface area contributed by atoms with Crippen molar-refractivity contribution in [2.24, 2.45) is 5.92 Å². The number of rotatable bonds is 7. The molecule has 1 saturated heterocycles. The fraction of sp³-hybridized carbons (Fsp3) is 0.364. The maximum Gasteiger partial charge on any atom is 0.246 e. The summed E-state index contributed by atoms with van der Waals surface area (Å²) in [5.41, 5.74) is 1.87. The molecule has 3 rings (SSSR count). The number of carbonyl (C=O) groups is 2. The number of amides is 2. The molecule has 0 bridgehead atoms. The van der Waals surface area contributed by atoms with E-state index < -0.39 is 0 Å². The minimum absolute atomic E-state index is 0.00628. The molecular formula is C22H26N2O4S. The van der Waals surface area contributed by atoms with Gasteiger partial charge in [-0.3, -0.25) is 9.59 Å². The van der Waals surface area contributed by atoms with Crippen LogP contribution in [-0.4, -0.2) is 42.0 Å². The zero-order chi connectivity index (χ0) is 20.6. The highest BCUT2D eigenvalue weighted by Gasteiger charge is 2.26. The zero-order valence-corrected chi connectivity index (χ0v) is 17.3. The van der Waals surface area contributed by atoms with Crippen molar-refractivity contribution in [3.05, 3.63) is 57.8 Å². The summed E-state index contributed by atoms with van der Waals surface area (Å²) >= 11 is 1.50. The van der Waals surface area contributed by atoms with E-state index in [1.54, 1.807) is 24.2 Å². The molecule has 2 heterocycles. The summed E-state index contributed by atoms with van der Waals surface area (Å²) in [5, 5.41) is 14.0. The van der Waals surface area contributed by atoms with Crippen LogP contribution in [0.25, 0.3) is 6.08 Å². The highest BCUT2D eigenvalue weighted by Crippen LogP contribution is 2.20. The average molecular weight is 415 g/mol. The zero-order valence-electron chi connectivity index (χ0n) is 16.5. The Balaban J connectivity index is 1.42. The molecule has 0 aliphatic carbocycles. The summed E-state index contributed by atoms with van der Waals surface area (Å²) in [6, 6.07) is 9.49. The van der Waals surface area contributed by atoms with Gasteiger partial charge in [-0.15, -0.1) is 11.3 Å². The minimum atomic E-state index is -0.0642. The number of hydrogen-bond acceptors (Lipinski definition) is 5. The Morgan fingerprint density at radius 1 is 1.24 bits per heavy atom. The summed E-state index contributed by atoms with van der Waals surface area (Å²) in [6.07, 6.45) is 4.68. The first-order valence-corrected chi connectivity index (χ1v) is 10.5. The number of nitrogens with one attached hydrogen (secondary N) is 1. The van der Waals surface area contributed by atoms with Gasteiger partial charge in [-0.05, 0) is 53.6 Å². The van der Waals surface area contributed by atoms with E-state index in [1.165, 1.54) is 11.3 Å². The largest absolute Gasteiger partial charge is 0.497 e. The monoisotopic (exact) mass is 414 g/mol. The Morgan fingerprint density at radius 3 is 2.59 bits per heavy atom. The number of likely N-dealkylation sites (tertiary alicyclic amines) is 1. The van der Waals surface area contributed by atoms with Crippen LogP contribution in [0.5, 0.6) is 5.75 Å². The Hall–Kier alpha value is -2.64. The smallest absolute Gasteiger partial charge is 0.246 e. The third-order valence-electron chi connectivity index (χ3n) is 5.05. The van der Waals surface area contributed by atoms with E-state index in [0.29, 0.717) is 32.5 Å². The molecule has 1 aliphatic rings. The van der Waals surface area contributed by atoms with Crippen molar-refractivity contribution in [3.8, 4) is 5.75 Å². The van der Waals surface area contributed by atoms with Gasteiger partial charge in [-0.2, -0.15) is 0 Å². The molecular weight excluding hydrogens is 388 g/mol. The second kappa shape index (κ2) is 10.2. The Morgan fingerprint density at radius 2 is 1.97 bits per heavy atom. The molecule has 1 aliphatic heterocycles. The topological polar surface area (TPSA) is 78.9 Å². The van der Waals surface area contributed by atoms with Gasteiger partial charge in [-0.25, -0.2) is 0 Å². The van der Waals surface area contributed by atoms with E-state index in [0.717, 1.165) is 21.8 Å². The van der Waals surface area contributed by atoms with Crippen LogP contribution in [-0.2, 0) is 22.7 Å². The van der Waals surface area contributed by atoms with E-state index in [9.17, 15) is 9.59 Å². The van der Waals surface area contributed by atoms with Crippen LogP contribution >= 0.6 is 11.3 Å². The van der Waals surface area contributed by atoms with E-state index in [-0.39, 0.29) is 24.3 Å². The molecule has 2 aromatic rings. The van der Waals surface area contributed by atoms with Crippen molar-refractivity contribution >= 4 is 29.2 Å². The highest BCUT2D eigenvalue weighted by atomic mass is 32.1. The number of methoxy groups -OCH3 is 1. The van der Waals surface area contributed by atoms with E-state index in [4.69, 9.17) is 9.84 Å². The normalized spacial score (nSPS) is 14.9. The van der Waals surface area contributed by atoms with Gasteiger partial charge in [-0.1, -0.05) is 12.1 Å². The molecule has 0 spiro atoms. The molecule has 2 amide bonds. The number of ether oxygens (including phenoxy) is 1. The van der Waals surface area contributed by atoms with Crippen LogP contribution < -0.4 is 10.1 Å². The molecule has 0 radical (unpaired) electrons. The summed E-state index contributed by atoms with van der Waals surface area (Å²) in [5.74, 6) is 0.726. The van der Waals surface area contributed by atoms with Gasteiger partial charge in [0.1, 0.15) is 5.75 Å². The molecule has 0 atom stereocenters. The van der Waals surface area contributed by atoms with E-state index >= 15 is 0 Å². The minimum Gasteiger partial charge on any atom is -0.497 e. The number of nitrogens with zero attached hydrogens (tertiary/aromatic N) is 1. The lowest BCUT2D eigenvalue weighted by atomic mass is 9.95. The van der Waals surface area contributed by atoms with E-state index in [1.807, 2.05) is 35.7 Å². The molecule has 1 aromatic carbocycles. The quantitative estimate of drug-likeness (QED) is 0.683. The third-order valence-corrected chi connectivity index (χ3v) is 6.00. The lowest BCUT2D eigenvalue weighted by Gasteiger charge is -2.30. The van der Waals surface area contributed by atoms with Crippen molar-refractivity contribution in [2.75, 3.05) is 20.2 Å². The van der Waals surface area contributed by atoms with Crippen LogP contribution in [0.4, 0.5) is 0 Å². The molecule has 29 heavy (non-hydrogen) atoms. The van der Waals surface area contributed by atoms with Crippen molar-refractivity contribution in [3.63, 3.8) is 0 Å². The number of hydrogen-bond donors (Lipinski definition) is 2. The second-order valence-electron chi connectivity index (χ2n) is 7.01. The Bertz CT molecular complexity index is 852. The van der Waals surface area contributed by atoms with Crippen molar-refractivity contribution in [2.45, 2.75) is 26.0 Å². The number of benzene rings is 1. The van der Waals surface area contributed by atoms with Gasteiger partial charge < -0.3 is 20.1 Å². The Kier molecular flexibility index (Phi) is 7.43. The molecule has 0 saturated carbocycles. The first kappa shape index (κ1) is 21.1. The number of piperidine rings is 1. The SMILES string of the molecule is COc1ccc(CNC(=O)C2CCN(C(=O)C=Cc3cc(CO)cs3)CC2)cc1. The predicted octanol–water partition coefficient (Wildman–Crippen LogP) is 2.82. The molecule has 2 N–H and O–H groups in total. The van der Waals surface area contributed by atoms with Gasteiger partial charge in [0.05, 0.1) is 13.7 Å². The fourth-order valence-corrected chi connectivity index (χ4v) is 4.06. The summed E-state index contributed by atoms with van der Waals surface area (Å²) in [7, 11) is 1.62. The van der Waals surface area contributed by atoms with Crippen molar-refractivity contribution in [1.29, 1.82) is 0 Å². The van der Waals surface area contributed by atoms with Crippen molar-refractivity contribution < 1.29 is 19.4 Å². The summed E-state index contributed by atoms with van der Waals surface area (Å²) in [4.78, 5) is 27.5. The lowest BCUT2D eigenvalue weighted by Crippen LogP contribution is -2.42. The summed E-state index contributed by atoms with van der Waals surface area (Å²) in [6.45, 7) is 1.65. The van der Waals surface area contributed by atoms with Crippen LogP contribution in [0, 0.1) is 5.92 Å². The summed E-state index contributed by atoms with van der Waals surface area (Å²) < 4.78 is 5.13. The van der Waals surface area contributed by atoms with Crippen LogP contribution in [0.2, 0.25) is 0 Å². The molecule has 7 heteroatoms. The lowest BCUT2D eigenvalue weighted by molar-refractivity contribution is -0.132. The molecule has 1 fully saturated rings. The van der Waals surface area contributed by atoms with Gasteiger partial charge in [0.25, 0.3) is 0 Å². The maximum absolute atomic E-state index is 12.4. The number of carbonyl (C=O) groups excluding carboxylic acids is 2. The highest BCUT2D eigenvalue weighted by molar-refractivity contribution is 7.11. The van der Waals surface area contributed by atoms with Gasteiger partial charge in [0, 0.05) is 36.5 Å². The fourth-order valence-electron chi connectivity index (χ4n) is 3.26. The average Bonchev–Trinajstić information content (AvgIpc) is 3.24. The molecule has 154 valence electrons. The second-order valence-corrected chi connectivity index (χ2v) is 7.96. The van der Waals surface area contributed by atoms with Crippen molar-refractivity contribution in [1.82, 2.24) is 10.2 Å². The predicted molar refractivity (Wildman–Crippen MR) is 113 cm³/mol. The van der Waals surface area contributed by atoms with Crippen LogP contribution in [0.1, 0.15) is 28.8 Å². The van der Waals surface area contributed by atoms with Crippen LogP contribution in [0.3, 0.4) is 0 Å². The number of aliphatic hydroxyl groups excluding tert-OH is 1. The first-order chi connectivity index (χ1) is 14.1. The Labute approximate surface area is 174 Å². The molecule has 0 unspecified atom stereocenters. The first-order valence-electron chi connectivity index (χ1n) is 9.65. The third kappa shape index (κ3) is 5.92. The standard InChI is InChI=1S/C22H26N2O4S/c1-28-19-4-2-16(3-5-19)13-23-22(27)18-8-10-24(11-9-18)21(26)7-6-20-12-17(14-25)15-29-20/h2-7,12,15,18,25H,8-11,13-14H2,1H3,(H,23,27). The maximum atomic E-state index is 12.4. The van der Waals surface area contributed by atoms with Crippen LogP contribution in [0.15, 0.2) is 41.8 Å². The molecule has 1 aromatic heterocycles. The van der Waals surface area contributed by atoms with Gasteiger partial charge in [0.15, 0.2) is 0 Å².